The normalized spacial score (nSPS) is 21.1. The molecule has 1 nitrogen and oxygen atoms in total. The Morgan fingerprint density at radius 2 is 2.08 bits per heavy atom. The molecule has 0 fully saturated rings. The molecule has 0 aromatic carbocycles. The minimum atomic E-state index is 0.248. The topological polar surface area (TPSA) is 26.0 Å². The van der Waals surface area contributed by atoms with E-state index >= 15 is 0 Å². The van der Waals surface area contributed by atoms with Crippen LogP contribution in [0.15, 0.2) is 11.6 Å². The van der Waals surface area contributed by atoms with E-state index in [9.17, 15) is 0 Å². The van der Waals surface area contributed by atoms with Crippen molar-refractivity contribution in [1.29, 1.82) is 0 Å². The SMILES string of the molecule is CC(C)(C)C(N)CC1=CCCCC1. The summed E-state index contributed by atoms with van der Waals surface area (Å²) in [5.74, 6) is 0. The maximum atomic E-state index is 6.14. The van der Waals surface area contributed by atoms with E-state index in [0.29, 0.717) is 6.04 Å². The summed E-state index contributed by atoms with van der Waals surface area (Å²) in [6, 6.07) is 0.317. The summed E-state index contributed by atoms with van der Waals surface area (Å²) >= 11 is 0. The van der Waals surface area contributed by atoms with E-state index in [2.05, 4.69) is 26.8 Å². The van der Waals surface area contributed by atoms with Crippen LogP contribution >= 0.6 is 0 Å². The van der Waals surface area contributed by atoms with Gasteiger partial charge in [-0.15, -0.1) is 0 Å². The summed E-state index contributed by atoms with van der Waals surface area (Å²) in [6.07, 6.45) is 8.78. The Balaban J connectivity index is 2.43. The van der Waals surface area contributed by atoms with Gasteiger partial charge in [0.05, 0.1) is 0 Å². The Morgan fingerprint density at radius 3 is 2.54 bits per heavy atom. The number of hydrogen-bond acceptors (Lipinski definition) is 1. The average Bonchev–Trinajstić information content (AvgIpc) is 2.04. The van der Waals surface area contributed by atoms with Gasteiger partial charge in [-0.2, -0.15) is 0 Å². The van der Waals surface area contributed by atoms with Crippen molar-refractivity contribution in [2.45, 2.75) is 58.9 Å². The van der Waals surface area contributed by atoms with Gasteiger partial charge in [-0.1, -0.05) is 32.4 Å². The predicted molar refractivity (Wildman–Crippen MR) is 58.6 cm³/mol. The van der Waals surface area contributed by atoms with Crippen LogP contribution in [0.4, 0.5) is 0 Å². The van der Waals surface area contributed by atoms with Crippen LogP contribution in [0.25, 0.3) is 0 Å². The molecule has 0 bridgehead atoms. The monoisotopic (exact) mass is 181 g/mol. The molecule has 0 amide bonds. The van der Waals surface area contributed by atoms with Crippen LogP contribution < -0.4 is 5.73 Å². The highest BCUT2D eigenvalue weighted by Gasteiger charge is 2.21. The van der Waals surface area contributed by atoms with E-state index in [0.717, 1.165) is 6.42 Å². The molecule has 1 aliphatic rings. The molecule has 1 unspecified atom stereocenters. The number of rotatable bonds is 2. The van der Waals surface area contributed by atoms with E-state index in [4.69, 9.17) is 5.73 Å². The second kappa shape index (κ2) is 4.28. The lowest BCUT2D eigenvalue weighted by molar-refractivity contribution is 0.315. The molecule has 76 valence electrons. The Labute approximate surface area is 82.4 Å². The van der Waals surface area contributed by atoms with Gasteiger partial charge < -0.3 is 5.73 Å². The molecule has 1 rings (SSSR count). The Kier molecular flexibility index (Phi) is 3.55. The fourth-order valence-corrected chi connectivity index (χ4v) is 1.68. The molecular formula is C12H23N. The Bertz CT molecular complexity index is 186. The zero-order chi connectivity index (χ0) is 9.90. The summed E-state index contributed by atoms with van der Waals surface area (Å²) in [5, 5.41) is 0. The van der Waals surface area contributed by atoms with Gasteiger partial charge in [-0.3, -0.25) is 0 Å². The second-order valence-corrected chi connectivity index (χ2v) is 5.28. The minimum absolute atomic E-state index is 0.248. The third-order valence-corrected chi connectivity index (χ3v) is 2.98. The molecular weight excluding hydrogens is 158 g/mol. The summed E-state index contributed by atoms with van der Waals surface area (Å²) in [5.41, 5.74) is 7.98. The molecule has 13 heavy (non-hydrogen) atoms. The molecule has 0 heterocycles. The Morgan fingerprint density at radius 1 is 1.38 bits per heavy atom. The highest BCUT2D eigenvalue weighted by Crippen LogP contribution is 2.27. The quantitative estimate of drug-likeness (QED) is 0.650. The molecule has 0 radical (unpaired) electrons. The first kappa shape index (κ1) is 10.8. The van der Waals surface area contributed by atoms with Gasteiger partial charge in [0.1, 0.15) is 0 Å². The Hall–Kier alpha value is -0.300. The van der Waals surface area contributed by atoms with E-state index in [1.165, 1.54) is 25.7 Å². The third kappa shape index (κ3) is 3.51. The van der Waals surface area contributed by atoms with E-state index in [1.54, 1.807) is 5.57 Å². The van der Waals surface area contributed by atoms with Crippen molar-refractivity contribution < 1.29 is 0 Å². The molecule has 0 aliphatic heterocycles. The van der Waals surface area contributed by atoms with E-state index < -0.39 is 0 Å². The smallest absolute Gasteiger partial charge is 0.0125 e. The molecule has 0 saturated heterocycles. The molecule has 2 N–H and O–H groups in total. The largest absolute Gasteiger partial charge is 0.327 e. The third-order valence-electron chi connectivity index (χ3n) is 2.98. The number of allylic oxidation sites excluding steroid dienone is 1. The van der Waals surface area contributed by atoms with E-state index in [1.807, 2.05) is 0 Å². The summed E-state index contributed by atoms with van der Waals surface area (Å²) in [6.45, 7) is 6.67. The lowest BCUT2D eigenvalue weighted by Gasteiger charge is -2.28. The van der Waals surface area contributed by atoms with Gasteiger partial charge >= 0.3 is 0 Å². The van der Waals surface area contributed by atoms with Crippen LogP contribution in [0.3, 0.4) is 0 Å². The van der Waals surface area contributed by atoms with Crippen LogP contribution in [0, 0.1) is 5.41 Å². The van der Waals surface area contributed by atoms with Crippen molar-refractivity contribution >= 4 is 0 Å². The lowest BCUT2D eigenvalue weighted by Crippen LogP contribution is -2.35. The molecule has 0 aromatic rings. The van der Waals surface area contributed by atoms with Gasteiger partial charge in [0.15, 0.2) is 0 Å². The minimum Gasteiger partial charge on any atom is -0.327 e. The van der Waals surface area contributed by atoms with Gasteiger partial charge in [-0.05, 0) is 37.5 Å². The fourth-order valence-electron chi connectivity index (χ4n) is 1.68. The van der Waals surface area contributed by atoms with E-state index in [-0.39, 0.29) is 5.41 Å². The van der Waals surface area contributed by atoms with Gasteiger partial charge in [-0.25, -0.2) is 0 Å². The van der Waals surface area contributed by atoms with Gasteiger partial charge in [0, 0.05) is 6.04 Å². The maximum absolute atomic E-state index is 6.14. The molecule has 0 spiro atoms. The molecule has 1 aliphatic carbocycles. The van der Waals surface area contributed by atoms with Gasteiger partial charge in [0.2, 0.25) is 0 Å². The summed E-state index contributed by atoms with van der Waals surface area (Å²) in [4.78, 5) is 0. The maximum Gasteiger partial charge on any atom is 0.0125 e. The van der Waals surface area contributed by atoms with Crippen LogP contribution in [-0.4, -0.2) is 6.04 Å². The van der Waals surface area contributed by atoms with Crippen molar-refractivity contribution in [1.82, 2.24) is 0 Å². The number of nitrogens with two attached hydrogens (primary N) is 1. The molecule has 0 aromatic heterocycles. The fraction of sp³-hybridized carbons (Fsp3) is 0.833. The first-order valence-corrected chi connectivity index (χ1v) is 5.43. The summed E-state index contributed by atoms with van der Waals surface area (Å²) in [7, 11) is 0. The molecule has 0 saturated carbocycles. The number of hydrogen-bond donors (Lipinski definition) is 1. The standard InChI is InChI=1S/C12H23N/c1-12(2,3)11(13)9-10-7-5-4-6-8-10/h7,11H,4-6,8-9,13H2,1-3H3. The molecule has 1 heteroatoms. The first-order valence-electron chi connectivity index (χ1n) is 5.43. The average molecular weight is 181 g/mol. The zero-order valence-electron chi connectivity index (χ0n) is 9.27. The van der Waals surface area contributed by atoms with Gasteiger partial charge in [0.25, 0.3) is 0 Å². The highest BCUT2D eigenvalue weighted by atomic mass is 14.7. The van der Waals surface area contributed by atoms with Crippen LogP contribution in [0.5, 0.6) is 0 Å². The predicted octanol–water partition coefficient (Wildman–Crippen LogP) is 3.25. The van der Waals surface area contributed by atoms with Crippen molar-refractivity contribution in [3.05, 3.63) is 11.6 Å². The van der Waals surface area contributed by atoms with Crippen molar-refractivity contribution in [2.75, 3.05) is 0 Å². The van der Waals surface area contributed by atoms with Crippen molar-refractivity contribution in [2.24, 2.45) is 11.1 Å². The van der Waals surface area contributed by atoms with Crippen LogP contribution in [0.1, 0.15) is 52.9 Å². The zero-order valence-corrected chi connectivity index (χ0v) is 9.27. The van der Waals surface area contributed by atoms with Crippen LogP contribution in [0.2, 0.25) is 0 Å². The van der Waals surface area contributed by atoms with Crippen molar-refractivity contribution in [3.8, 4) is 0 Å². The second-order valence-electron chi connectivity index (χ2n) is 5.28. The van der Waals surface area contributed by atoms with Crippen LogP contribution in [-0.2, 0) is 0 Å². The molecule has 1 atom stereocenters. The highest BCUT2D eigenvalue weighted by molar-refractivity contribution is 5.07. The lowest BCUT2D eigenvalue weighted by atomic mass is 9.82. The van der Waals surface area contributed by atoms with Crippen molar-refractivity contribution in [3.63, 3.8) is 0 Å². The summed E-state index contributed by atoms with van der Waals surface area (Å²) < 4.78 is 0. The first-order chi connectivity index (χ1) is 6.00.